The molecule has 11 atom stereocenters. The standard InChI is InChI=1S/C30H48O5/c1-17(14-21(32)24-26(4,5)35-24)18-8-10-27(6)19(18)15-20(31)23-28(27,7)11-9-22-25(2,3)30(33)13-12-29(22,23)16-34-30/h14,18-24,31-33H,8-13,15-16H2,1-7H3/b17-14+/t18-,19-,20-,21+,22?,23+,24?,27-,28-,29-,30-/m1/s1. The van der Waals surface area contributed by atoms with Crippen molar-refractivity contribution in [1.82, 2.24) is 0 Å². The molecular formula is C30H48O5. The lowest BCUT2D eigenvalue weighted by Crippen LogP contribution is -2.75. The van der Waals surface area contributed by atoms with Crippen LogP contribution in [0, 0.1) is 45.3 Å². The Morgan fingerprint density at radius 1 is 0.971 bits per heavy atom. The fourth-order valence-electron chi connectivity index (χ4n) is 11.0. The highest BCUT2D eigenvalue weighted by Crippen LogP contribution is 2.77. The molecule has 4 aliphatic carbocycles. The Balaban J connectivity index is 1.33. The maximum absolute atomic E-state index is 12.0. The summed E-state index contributed by atoms with van der Waals surface area (Å²) in [5.41, 5.74) is 0.863. The van der Waals surface area contributed by atoms with Crippen LogP contribution in [-0.4, -0.2) is 51.6 Å². The number of aliphatic hydroxyl groups excluding tert-OH is 2. The molecule has 3 N–H and O–H groups in total. The summed E-state index contributed by atoms with van der Waals surface area (Å²) in [4.78, 5) is 0. The van der Waals surface area contributed by atoms with Crippen molar-refractivity contribution < 1.29 is 24.8 Å². The average Bonchev–Trinajstić information content (AvgIpc) is 3.27. The van der Waals surface area contributed by atoms with Gasteiger partial charge < -0.3 is 24.8 Å². The first-order valence-corrected chi connectivity index (χ1v) is 14.2. The van der Waals surface area contributed by atoms with E-state index in [1.807, 2.05) is 19.9 Å². The molecule has 0 aromatic heterocycles. The van der Waals surface area contributed by atoms with Crippen LogP contribution in [0.3, 0.4) is 0 Å². The van der Waals surface area contributed by atoms with Crippen molar-refractivity contribution in [2.24, 2.45) is 45.3 Å². The second-order valence-electron chi connectivity index (χ2n) is 15.0. The first-order valence-electron chi connectivity index (χ1n) is 14.2. The minimum absolute atomic E-state index is 0.0350. The van der Waals surface area contributed by atoms with Crippen LogP contribution in [0.25, 0.3) is 0 Å². The molecule has 35 heavy (non-hydrogen) atoms. The Bertz CT molecular complexity index is 929. The number of rotatable bonds is 3. The van der Waals surface area contributed by atoms with Gasteiger partial charge in [-0.1, -0.05) is 39.3 Å². The van der Waals surface area contributed by atoms with E-state index >= 15 is 0 Å². The molecule has 198 valence electrons. The molecule has 2 unspecified atom stereocenters. The van der Waals surface area contributed by atoms with E-state index in [2.05, 4.69) is 34.6 Å². The van der Waals surface area contributed by atoms with Crippen LogP contribution in [-0.2, 0) is 9.47 Å². The number of allylic oxidation sites excluding steroid dienone is 1. The van der Waals surface area contributed by atoms with Crippen LogP contribution >= 0.6 is 0 Å². The van der Waals surface area contributed by atoms with Crippen molar-refractivity contribution in [3.05, 3.63) is 11.6 Å². The molecule has 7 fully saturated rings. The first kappa shape index (κ1) is 24.9. The van der Waals surface area contributed by atoms with Crippen molar-refractivity contribution in [2.75, 3.05) is 6.61 Å². The quantitative estimate of drug-likeness (QED) is 0.392. The van der Waals surface area contributed by atoms with Gasteiger partial charge in [0.15, 0.2) is 5.79 Å². The van der Waals surface area contributed by atoms with Crippen molar-refractivity contribution >= 4 is 0 Å². The minimum Gasteiger partial charge on any atom is -0.393 e. The maximum Gasteiger partial charge on any atom is 0.170 e. The average molecular weight is 489 g/mol. The molecule has 0 amide bonds. The fraction of sp³-hybridized carbons (Fsp3) is 0.933. The molecule has 3 aliphatic heterocycles. The monoisotopic (exact) mass is 488 g/mol. The van der Waals surface area contributed by atoms with E-state index in [-0.39, 0.29) is 45.4 Å². The molecule has 0 aromatic carbocycles. The van der Waals surface area contributed by atoms with E-state index in [1.54, 1.807) is 0 Å². The molecule has 0 aromatic rings. The predicted molar refractivity (Wildman–Crippen MR) is 134 cm³/mol. The van der Waals surface area contributed by atoms with Crippen LogP contribution in [0.5, 0.6) is 0 Å². The van der Waals surface area contributed by atoms with Gasteiger partial charge in [-0.25, -0.2) is 0 Å². The summed E-state index contributed by atoms with van der Waals surface area (Å²) >= 11 is 0. The molecule has 1 spiro atoms. The first-order chi connectivity index (χ1) is 16.1. The third-order valence-electron chi connectivity index (χ3n) is 13.2. The Kier molecular flexibility index (Phi) is 5.07. The lowest BCUT2D eigenvalue weighted by Gasteiger charge is -2.74. The van der Waals surface area contributed by atoms with Crippen LogP contribution in [0.4, 0.5) is 0 Å². The summed E-state index contributed by atoms with van der Waals surface area (Å²) in [5.74, 6) is 0.371. The van der Waals surface area contributed by atoms with E-state index in [0.717, 1.165) is 32.1 Å². The number of fused-ring (bicyclic) bond motifs is 5. The summed E-state index contributed by atoms with van der Waals surface area (Å²) < 4.78 is 12.0. The summed E-state index contributed by atoms with van der Waals surface area (Å²) in [6, 6.07) is 0. The predicted octanol–water partition coefficient (Wildman–Crippen LogP) is 4.83. The van der Waals surface area contributed by atoms with Gasteiger partial charge in [0.1, 0.15) is 12.2 Å². The van der Waals surface area contributed by atoms with E-state index in [1.165, 1.54) is 12.0 Å². The second-order valence-corrected chi connectivity index (χ2v) is 15.0. The smallest absolute Gasteiger partial charge is 0.170 e. The summed E-state index contributed by atoms with van der Waals surface area (Å²) in [6.07, 6.45) is 7.99. The lowest BCUT2D eigenvalue weighted by molar-refractivity contribution is -0.404. The van der Waals surface area contributed by atoms with Crippen molar-refractivity contribution in [3.8, 4) is 0 Å². The maximum atomic E-state index is 12.0. The topological polar surface area (TPSA) is 82.5 Å². The van der Waals surface area contributed by atoms with Gasteiger partial charge >= 0.3 is 0 Å². The Hall–Kier alpha value is -0.460. The number of hydrogen-bond donors (Lipinski definition) is 3. The Labute approximate surface area is 211 Å². The third-order valence-corrected chi connectivity index (χ3v) is 13.2. The van der Waals surface area contributed by atoms with E-state index in [9.17, 15) is 15.3 Å². The Morgan fingerprint density at radius 3 is 2.23 bits per heavy atom. The number of epoxide rings is 1. The lowest BCUT2D eigenvalue weighted by atomic mass is 9.33. The molecule has 4 saturated carbocycles. The summed E-state index contributed by atoms with van der Waals surface area (Å²) in [6.45, 7) is 16.2. The van der Waals surface area contributed by atoms with Gasteiger partial charge in [0.2, 0.25) is 0 Å². The third kappa shape index (κ3) is 2.94. The number of ether oxygens (including phenoxy) is 2. The zero-order chi connectivity index (χ0) is 25.4. The summed E-state index contributed by atoms with van der Waals surface area (Å²) in [7, 11) is 0. The van der Waals surface area contributed by atoms with Gasteiger partial charge in [-0.05, 0) is 93.8 Å². The van der Waals surface area contributed by atoms with Gasteiger partial charge in [0, 0.05) is 17.3 Å². The largest absolute Gasteiger partial charge is 0.393 e. The van der Waals surface area contributed by atoms with E-state index in [0.29, 0.717) is 30.8 Å². The van der Waals surface area contributed by atoms with Crippen LogP contribution in [0.2, 0.25) is 0 Å². The van der Waals surface area contributed by atoms with Crippen LogP contribution < -0.4 is 0 Å². The van der Waals surface area contributed by atoms with Gasteiger partial charge in [-0.15, -0.1) is 0 Å². The molecule has 5 nitrogen and oxygen atoms in total. The van der Waals surface area contributed by atoms with Gasteiger partial charge in [0.05, 0.1) is 18.3 Å². The molecule has 0 radical (unpaired) electrons. The van der Waals surface area contributed by atoms with Crippen LogP contribution in [0.15, 0.2) is 11.6 Å². The zero-order valence-electron chi connectivity index (χ0n) is 22.9. The van der Waals surface area contributed by atoms with Gasteiger partial charge in [-0.3, -0.25) is 0 Å². The normalized spacial score (nSPS) is 56.7. The molecule has 7 rings (SSSR count). The van der Waals surface area contributed by atoms with Gasteiger partial charge in [-0.2, -0.15) is 0 Å². The summed E-state index contributed by atoms with van der Waals surface area (Å²) in [5, 5.41) is 34.1. The number of hydrogen-bond acceptors (Lipinski definition) is 5. The van der Waals surface area contributed by atoms with Crippen molar-refractivity contribution in [2.45, 2.75) is 123 Å². The molecular weight excluding hydrogens is 440 g/mol. The van der Waals surface area contributed by atoms with E-state index < -0.39 is 11.9 Å². The Morgan fingerprint density at radius 2 is 1.63 bits per heavy atom. The van der Waals surface area contributed by atoms with E-state index in [4.69, 9.17) is 9.47 Å². The van der Waals surface area contributed by atoms with Crippen molar-refractivity contribution in [1.29, 1.82) is 0 Å². The molecule has 3 heterocycles. The minimum atomic E-state index is -1.03. The molecule has 2 bridgehead atoms. The number of aliphatic hydroxyl groups is 3. The van der Waals surface area contributed by atoms with Gasteiger partial charge in [0.25, 0.3) is 0 Å². The SMILES string of the molecule is C/C(=C\[C@H](O)C1OC1(C)C)[C@H]1CC[C@]2(C)[C@@H]1C[C@@H](O)[C@@H]1[C@]34CC[C@@](O)(OC3)C(C)(C)C4CC[C@]12C. The highest BCUT2D eigenvalue weighted by atomic mass is 16.6. The van der Waals surface area contributed by atoms with Crippen molar-refractivity contribution in [3.63, 3.8) is 0 Å². The molecule has 5 heteroatoms. The molecule has 7 aliphatic rings. The second kappa shape index (κ2) is 7.14. The highest BCUT2D eigenvalue weighted by molar-refractivity contribution is 5.25. The highest BCUT2D eigenvalue weighted by Gasteiger charge is 2.76. The fourth-order valence-corrected chi connectivity index (χ4v) is 11.0. The van der Waals surface area contributed by atoms with Crippen LogP contribution in [0.1, 0.15) is 93.4 Å². The molecule has 3 saturated heterocycles. The zero-order valence-corrected chi connectivity index (χ0v) is 22.9.